The number of allylic oxidation sites excluding steroid dienone is 6. The van der Waals surface area contributed by atoms with Gasteiger partial charge in [0.2, 0.25) is 0 Å². The van der Waals surface area contributed by atoms with E-state index >= 15 is 0 Å². The highest BCUT2D eigenvalue weighted by atomic mass is 16.5. The number of Topliss-reactive ketones (excluding diaryl/α,β-unsaturated/α-hetero) is 1. The molecule has 0 saturated heterocycles. The molecule has 6 rings (SSSR count). The van der Waals surface area contributed by atoms with Gasteiger partial charge in [0.05, 0.1) is 12.0 Å². The number of rotatable bonds is 4. The van der Waals surface area contributed by atoms with E-state index in [9.17, 15) is 4.79 Å². The van der Waals surface area contributed by atoms with Gasteiger partial charge < -0.3 is 10.1 Å². The molecule has 4 saturated carbocycles. The largest absolute Gasteiger partial charge is 0.490 e. The summed E-state index contributed by atoms with van der Waals surface area (Å²) < 4.78 is 6.56. The van der Waals surface area contributed by atoms with Gasteiger partial charge in [0.15, 0.2) is 0 Å². The Hall–Kier alpha value is -2.77. The summed E-state index contributed by atoms with van der Waals surface area (Å²) in [7, 11) is 0. The summed E-state index contributed by atoms with van der Waals surface area (Å²) in [4.78, 5) is 13.8. The van der Waals surface area contributed by atoms with Crippen molar-refractivity contribution < 1.29 is 9.53 Å². The molecule has 1 N–H and O–H groups in total. The molecule has 1 aromatic rings. The first-order chi connectivity index (χ1) is 18.3. The summed E-state index contributed by atoms with van der Waals surface area (Å²) in [5.41, 5.74) is 4.56. The first kappa shape index (κ1) is 25.5. The summed E-state index contributed by atoms with van der Waals surface area (Å²) in [5.74, 6) is 4.30. The van der Waals surface area contributed by atoms with Crippen molar-refractivity contribution in [2.24, 2.45) is 52.3 Å². The average Bonchev–Trinajstić information content (AvgIpc) is 3.03. The van der Waals surface area contributed by atoms with Crippen LogP contribution in [-0.4, -0.2) is 11.9 Å². The maximum absolute atomic E-state index is 13.8. The molecule has 0 radical (unpaired) electrons. The van der Waals surface area contributed by atoms with Gasteiger partial charge in [-0.05, 0) is 109 Å². The van der Waals surface area contributed by atoms with Crippen LogP contribution in [0.25, 0.3) is 0 Å². The Morgan fingerprint density at radius 3 is 2.68 bits per heavy atom. The van der Waals surface area contributed by atoms with Gasteiger partial charge >= 0.3 is 0 Å². The van der Waals surface area contributed by atoms with Crippen molar-refractivity contribution in [3.8, 4) is 5.75 Å². The number of ketones is 1. The molecule has 5 aliphatic rings. The van der Waals surface area contributed by atoms with Gasteiger partial charge in [-0.2, -0.15) is 0 Å². The van der Waals surface area contributed by atoms with Gasteiger partial charge in [-0.1, -0.05) is 57.7 Å². The van der Waals surface area contributed by atoms with Crippen molar-refractivity contribution in [2.75, 3.05) is 0 Å². The van der Waals surface area contributed by atoms with E-state index in [1.807, 2.05) is 18.4 Å². The van der Waals surface area contributed by atoms with Crippen LogP contribution < -0.4 is 10.1 Å². The van der Waals surface area contributed by atoms with Crippen LogP contribution in [0.15, 0.2) is 84.9 Å². The average molecular weight is 510 g/mol. The topological polar surface area (TPSA) is 38.3 Å². The fraction of sp³-hybridized carbons (Fsp3) is 0.543. The molecule has 1 aliphatic heterocycles. The molecule has 10 atom stereocenters. The zero-order valence-electron chi connectivity index (χ0n) is 23.2. The number of para-hydroxylation sites is 1. The molecular formula is C35H43NO2. The lowest BCUT2D eigenvalue weighted by atomic mass is 9.39. The summed E-state index contributed by atoms with van der Waals surface area (Å²) in [5, 5.41) is 3.48. The van der Waals surface area contributed by atoms with E-state index < -0.39 is 0 Å². The Bertz CT molecular complexity index is 1210. The lowest BCUT2D eigenvalue weighted by Gasteiger charge is -2.64. The molecule has 0 amide bonds. The van der Waals surface area contributed by atoms with Crippen LogP contribution in [0.4, 0.5) is 0 Å². The molecule has 4 fully saturated rings. The van der Waals surface area contributed by atoms with Gasteiger partial charge in [0.25, 0.3) is 0 Å². The van der Waals surface area contributed by atoms with Crippen molar-refractivity contribution in [1.82, 2.24) is 5.32 Å². The monoisotopic (exact) mass is 509 g/mol. The molecule has 1 aromatic carbocycles. The van der Waals surface area contributed by atoms with Crippen molar-refractivity contribution >= 4 is 5.78 Å². The first-order valence-corrected chi connectivity index (χ1v) is 14.8. The molecule has 4 aliphatic carbocycles. The minimum atomic E-state index is -0.0729. The van der Waals surface area contributed by atoms with E-state index in [0.717, 1.165) is 30.7 Å². The Labute approximate surface area is 228 Å². The lowest BCUT2D eigenvalue weighted by Crippen LogP contribution is -2.61. The van der Waals surface area contributed by atoms with Crippen LogP contribution >= 0.6 is 0 Å². The number of hydrogen-bond acceptors (Lipinski definition) is 3. The number of carbonyl (C=O) groups excluding carboxylic acids is 1. The summed E-state index contributed by atoms with van der Waals surface area (Å²) in [6, 6.07) is 10.4. The summed E-state index contributed by atoms with van der Waals surface area (Å²) in [6.07, 6.45) is 19.1. The summed E-state index contributed by atoms with van der Waals surface area (Å²) >= 11 is 0. The minimum absolute atomic E-state index is 0.0440. The Balaban J connectivity index is 1.35. The van der Waals surface area contributed by atoms with Gasteiger partial charge in [-0.15, -0.1) is 5.73 Å². The van der Waals surface area contributed by atoms with Gasteiger partial charge in [-0.3, -0.25) is 4.79 Å². The molecule has 0 aromatic heterocycles. The Morgan fingerprint density at radius 1 is 1.08 bits per heavy atom. The molecule has 0 bridgehead atoms. The predicted molar refractivity (Wildman–Crippen MR) is 153 cm³/mol. The highest BCUT2D eigenvalue weighted by Crippen LogP contribution is 2.69. The second kappa shape index (κ2) is 9.76. The van der Waals surface area contributed by atoms with Crippen LogP contribution in [0.1, 0.15) is 59.3 Å². The van der Waals surface area contributed by atoms with E-state index in [1.54, 1.807) is 0 Å². The van der Waals surface area contributed by atoms with E-state index in [4.69, 9.17) is 4.74 Å². The number of carbonyl (C=O) groups is 1. The maximum Gasteiger partial charge on any atom is 0.142 e. The maximum atomic E-state index is 13.8. The quantitative estimate of drug-likeness (QED) is 0.424. The number of nitrogens with one attached hydrogen (secondary N) is 1. The van der Waals surface area contributed by atoms with E-state index in [-0.39, 0.29) is 23.4 Å². The van der Waals surface area contributed by atoms with Crippen molar-refractivity contribution in [3.63, 3.8) is 0 Å². The van der Waals surface area contributed by atoms with Crippen molar-refractivity contribution in [2.45, 2.75) is 65.4 Å². The van der Waals surface area contributed by atoms with E-state index in [0.29, 0.717) is 47.2 Å². The zero-order valence-corrected chi connectivity index (χ0v) is 23.2. The third-order valence-electron chi connectivity index (χ3n) is 11.5. The SMILES string of the molecule is C=C=CC1CC(=O)C(C2=CC=CC=CN2)[C@@H]2C[C@H](C)[C@H]3[C@@H]4C[C@H](Oc5ccccc5)C[C@@]4(C)CC[C@@H]3[C@@]12C. The fourth-order valence-corrected chi connectivity index (χ4v) is 9.85. The van der Waals surface area contributed by atoms with Crippen LogP contribution in [0.3, 0.4) is 0 Å². The number of ether oxygens (including phenoxy) is 1. The molecule has 1 heterocycles. The highest BCUT2D eigenvalue weighted by molar-refractivity contribution is 5.86. The van der Waals surface area contributed by atoms with Crippen LogP contribution in [0.5, 0.6) is 5.75 Å². The van der Waals surface area contributed by atoms with E-state index in [2.05, 4.69) is 87.0 Å². The molecule has 0 spiro atoms. The Morgan fingerprint density at radius 2 is 1.89 bits per heavy atom. The molecule has 3 heteroatoms. The third-order valence-corrected chi connectivity index (χ3v) is 11.5. The first-order valence-electron chi connectivity index (χ1n) is 14.8. The molecule has 3 nitrogen and oxygen atoms in total. The number of hydrogen-bond donors (Lipinski definition) is 1. The number of benzene rings is 1. The second-order valence-electron chi connectivity index (χ2n) is 13.3. The second-order valence-corrected chi connectivity index (χ2v) is 13.3. The summed E-state index contributed by atoms with van der Waals surface area (Å²) in [6.45, 7) is 11.5. The van der Waals surface area contributed by atoms with Gasteiger partial charge in [0, 0.05) is 18.3 Å². The van der Waals surface area contributed by atoms with Gasteiger partial charge in [0.1, 0.15) is 11.5 Å². The molecule has 2 unspecified atom stereocenters. The molecular weight excluding hydrogens is 466 g/mol. The van der Waals surface area contributed by atoms with Crippen molar-refractivity contribution in [1.29, 1.82) is 0 Å². The number of fused-ring (bicyclic) bond motifs is 5. The predicted octanol–water partition coefficient (Wildman–Crippen LogP) is 7.64. The Kier molecular flexibility index (Phi) is 6.55. The zero-order chi connectivity index (χ0) is 26.5. The van der Waals surface area contributed by atoms with Crippen LogP contribution in [0.2, 0.25) is 0 Å². The normalized spacial score (nSPS) is 43.4. The molecule has 200 valence electrons. The fourth-order valence-electron chi connectivity index (χ4n) is 9.85. The highest BCUT2D eigenvalue weighted by Gasteiger charge is 2.65. The third kappa shape index (κ3) is 4.06. The van der Waals surface area contributed by atoms with Crippen LogP contribution in [0, 0.1) is 52.3 Å². The minimum Gasteiger partial charge on any atom is -0.490 e. The standard InChI is InChI=1S/C35H43NO2/c1-5-12-24-20-31(37)33(30-15-10-7-11-18-36-30)29-19-23(2)32-27(35(24,29)4)16-17-34(3)22-26(21-28(32)34)38-25-13-8-6-9-14-25/h6-15,18,23-24,26-29,32-33,36H,1,16-17,19-22H2,2-4H3/t23-,24?,26-,27-,28-,29-,32+,33?,34+,35+/m0/s1. The van der Waals surface area contributed by atoms with Gasteiger partial charge in [-0.25, -0.2) is 0 Å². The van der Waals surface area contributed by atoms with E-state index in [1.165, 1.54) is 12.8 Å². The van der Waals surface area contributed by atoms with Crippen molar-refractivity contribution in [3.05, 3.63) is 84.9 Å². The smallest absolute Gasteiger partial charge is 0.142 e. The molecule has 38 heavy (non-hydrogen) atoms. The van der Waals surface area contributed by atoms with Crippen LogP contribution in [-0.2, 0) is 4.79 Å². The lowest BCUT2D eigenvalue weighted by molar-refractivity contribution is -0.167.